The number of carbonyl (C=O) groups is 2. The Hall–Kier alpha value is -1.55. The Bertz CT molecular complexity index is 378. The normalized spacial score (nSPS) is 9.57. The van der Waals surface area contributed by atoms with Crippen LogP contribution in [-0.2, 0) is 4.79 Å². The molecule has 1 amide bonds. The van der Waals surface area contributed by atoms with Gasteiger partial charge in [0, 0.05) is 7.05 Å². The summed E-state index contributed by atoms with van der Waals surface area (Å²) in [5.74, 6) is -1.05. The SMILES string of the molecule is CN(C=O)c1ccc(C(=O)O)cc1Cl. The monoisotopic (exact) mass is 213 g/mol. The van der Waals surface area contributed by atoms with E-state index >= 15 is 0 Å². The Balaban J connectivity index is 3.13. The maximum absolute atomic E-state index is 10.6. The first kappa shape index (κ1) is 10.5. The molecule has 0 saturated carbocycles. The van der Waals surface area contributed by atoms with E-state index in [0.717, 1.165) is 0 Å². The number of amides is 1. The van der Waals surface area contributed by atoms with Crippen molar-refractivity contribution in [3.05, 3.63) is 28.8 Å². The van der Waals surface area contributed by atoms with E-state index in [-0.39, 0.29) is 10.6 Å². The number of rotatable bonds is 3. The summed E-state index contributed by atoms with van der Waals surface area (Å²) in [6, 6.07) is 4.18. The van der Waals surface area contributed by atoms with Gasteiger partial charge >= 0.3 is 5.97 Å². The number of hydrogen-bond donors (Lipinski definition) is 1. The van der Waals surface area contributed by atoms with Crippen molar-refractivity contribution < 1.29 is 14.7 Å². The van der Waals surface area contributed by atoms with Crippen molar-refractivity contribution in [2.24, 2.45) is 0 Å². The van der Waals surface area contributed by atoms with Crippen molar-refractivity contribution in [2.75, 3.05) is 11.9 Å². The summed E-state index contributed by atoms with van der Waals surface area (Å²) in [5, 5.41) is 8.89. The van der Waals surface area contributed by atoms with Gasteiger partial charge < -0.3 is 10.0 Å². The van der Waals surface area contributed by atoms with E-state index in [0.29, 0.717) is 12.1 Å². The summed E-state index contributed by atoms with van der Waals surface area (Å²) in [5.41, 5.74) is 0.574. The Labute approximate surface area is 85.7 Å². The smallest absolute Gasteiger partial charge is 0.335 e. The van der Waals surface area contributed by atoms with Gasteiger partial charge in [0.1, 0.15) is 0 Å². The number of carbonyl (C=O) groups excluding carboxylic acids is 1. The van der Waals surface area contributed by atoms with E-state index in [9.17, 15) is 9.59 Å². The second kappa shape index (κ2) is 4.11. The average Bonchev–Trinajstić information content (AvgIpc) is 2.16. The van der Waals surface area contributed by atoms with E-state index in [1.165, 1.54) is 30.1 Å². The molecule has 1 aromatic carbocycles. The quantitative estimate of drug-likeness (QED) is 0.777. The predicted molar refractivity (Wildman–Crippen MR) is 52.9 cm³/mol. The summed E-state index contributed by atoms with van der Waals surface area (Å²) in [6.07, 6.45) is 0.599. The van der Waals surface area contributed by atoms with Gasteiger partial charge in [-0.2, -0.15) is 0 Å². The van der Waals surface area contributed by atoms with E-state index in [1.54, 1.807) is 0 Å². The van der Waals surface area contributed by atoms with Gasteiger partial charge in [0.15, 0.2) is 0 Å². The van der Waals surface area contributed by atoms with Crippen molar-refractivity contribution in [2.45, 2.75) is 0 Å². The lowest BCUT2D eigenvalue weighted by Gasteiger charge is -2.12. The van der Waals surface area contributed by atoms with Gasteiger partial charge in [0.2, 0.25) is 6.41 Å². The number of benzene rings is 1. The second-order valence-electron chi connectivity index (χ2n) is 2.69. The van der Waals surface area contributed by atoms with Gasteiger partial charge in [-0.3, -0.25) is 4.79 Å². The highest BCUT2D eigenvalue weighted by molar-refractivity contribution is 6.33. The minimum absolute atomic E-state index is 0.0954. The largest absolute Gasteiger partial charge is 0.478 e. The van der Waals surface area contributed by atoms with Crippen LogP contribution in [-0.4, -0.2) is 24.5 Å². The molecular formula is C9H8ClNO3. The molecule has 0 heterocycles. The molecule has 0 aliphatic carbocycles. The highest BCUT2D eigenvalue weighted by Crippen LogP contribution is 2.25. The first-order valence-electron chi connectivity index (χ1n) is 3.77. The lowest BCUT2D eigenvalue weighted by atomic mass is 10.2. The molecule has 0 aliphatic rings. The number of nitrogens with zero attached hydrogens (tertiary/aromatic N) is 1. The van der Waals surface area contributed by atoms with Crippen LogP contribution in [0.25, 0.3) is 0 Å². The highest BCUT2D eigenvalue weighted by atomic mass is 35.5. The van der Waals surface area contributed by atoms with Gasteiger partial charge in [-0.25, -0.2) is 4.79 Å². The number of carboxylic acids is 1. The number of anilines is 1. The molecule has 0 bridgehead atoms. The van der Waals surface area contributed by atoms with Crippen molar-refractivity contribution in [1.29, 1.82) is 0 Å². The average molecular weight is 214 g/mol. The van der Waals surface area contributed by atoms with Crippen LogP contribution in [0.3, 0.4) is 0 Å². The van der Waals surface area contributed by atoms with Crippen molar-refractivity contribution in [3.8, 4) is 0 Å². The first-order chi connectivity index (χ1) is 6.56. The van der Waals surface area contributed by atoms with Crippen LogP contribution in [0.1, 0.15) is 10.4 Å². The van der Waals surface area contributed by atoms with E-state index in [1.807, 2.05) is 0 Å². The Morgan fingerprint density at radius 1 is 1.57 bits per heavy atom. The number of halogens is 1. The molecule has 0 saturated heterocycles. The molecule has 0 unspecified atom stereocenters. The number of aromatic carboxylic acids is 1. The zero-order valence-electron chi connectivity index (χ0n) is 7.40. The first-order valence-corrected chi connectivity index (χ1v) is 4.15. The Morgan fingerprint density at radius 3 is 2.64 bits per heavy atom. The summed E-state index contributed by atoms with van der Waals surface area (Å²) in [7, 11) is 1.54. The lowest BCUT2D eigenvalue weighted by molar-refractivity contribution is -0.107. The van der Waals surface area contributed by atoms with Crippen LogP contribution in [0.5, 0.6) is 0 Å². The fourth-order valence-corrected chi connectivity index (χ4v) is 1.30. The molecule has 0 radical (unpaired) electrons. The van der Waals surface area contributed by atoms with Gasteiger partial charge in [-0.05, 0) is 18.2 Å². The minimum Gasteiger partial charge on any atom is -0.478 e. The zero-order valence-corrected chi connectivity index (χ0v) is 8.15. The Morgan fingerprint density at radius 2 is 2.21 bits per heavy atom. The minimum atomic E-state index is -1.05. The lowest BCUT2D eigenvalue weighted by Crippen LogP contribution is -2.14. The highest BCUT2D eigenvalue weighted by Gasteiger charge is 2.09. The third kappa shape index (κ3) is 2.03. The van der Waals surface area contributed by atoms with Crippen LogP contribution in [0, 0.1) is 0 Å². The van der Waals surface area contributed by atoms with Crippen LogP contribution >= 0.6 is 11.6 Å². The summed E-state index contributed by atoms with van der Waals surface area (Å²) in [4.78, 5) is 22.3. The molecule has 0 spiro atoms. The molecule has 74 valence electrons. The number of hydrogen-bond acceptors (Lipinski definition) is 2. The summed E-state index contributed by atoms with van der Waals surface area (Å²) >= 11 is 5.78. The maximum Gasteiger partial charge on any atom is 0.335 e. The van der Waals surface area contributed by atoms with Crippen LogP contribution in [0.2, 0.25) is 5.02 Å². The zero-order chi connectivity index (χ0) is 10.7. The maximum atomic E-state index is 10.6. The molecule has 14 heavy (non-hydrogen) atoms. The van der Waals surface area contributed by atoms with Crippen molar-refractivity contribution in [1.82, 2.24) is 0 Å². The van der Waals surface area contributed by atoms with Crippen molar-refractivity contribution >= 4 is 29.7 Å². The van der Waals surface area contributed by atoms with Gasteiger partial charge in [-0.1, -0.05) is 11.6 Å². The fraction of sp³-hybridized carbons (Fsp3) is 0.111. The van der Waals surface area contributed by atoms with Gasteiger partial charge in [0.05, 0.1) is 16.3 Å². The molecular weight excluding hydrogens is 206 g/mol. The molecule has 4 nitrogen and oxygen atoms in total. The van der Waals surface area contributed by atoms with Gasteiger partial charge in [-0.15, -0.1) is 0 Å². The number of carboxylic acid groups (broad SMARTS) is 1. The molecule has 5 heteroatoms. The standard InChI is InChI=1S/C9H8ClNO3/c1-11(5-12)8-3-2-6(9(13)14)4-7(8)10/h2-5H,1H3,(H,13,14). The molecule has 1 aromatic rings. The molecule has 1 N–H and O–H groups in total. The molecule has 1 rings (SSSR count). The summed E-state index contributed by atoms with van der Waals surface area (Å²) in [6.45, 7) is 0. The second-order valence-corrected chi connectivity index (χ2v) is 3.09. The van der Waals surface area contributed by atoms with Crippen LogP contribution in [0.15, 0.2) is 18.2 Å². The topological polar surface area (TPSA) is 57.6 Å². The van der Waals surface area contributed by atoms with E-state index < -0.39 is 5.97 Å². The summed E-state index contributed by atoms with van der Waals surface area (Å²) < 4.78 is 0. The Kier molecular flexibility index (Phi) is 3.09. The van der Waals surface area contributed by atoms with Gasteiger partial charge in [0.25, 0.3) is 0 Å². The third-order valence-corrected chi connectivity index (χ3v) is 2.04. The molecule has 0 fully saturated rings. The van der Waals surface area contributed by atoms with E-state index in [4.69, 9.17) is 16.7 Å². The molecule has 0 aromatic heterocycles. The van der Waals surface area contributed by atoms with Crippen LogP contribution in [0.4, 0.5) is 5.69 Å². The van der Waals surface area contributed by atoms with E-state index in [2.05, 4.69) is 0 Å². The molecule has 0 atom stereocenters. The predicted octanol–water partition coefficient (Wildman–Crippen LogP) is 1.63. The van der Waals surface area contributed by atoms with Crippen LogP contribution < -0.4 is 4.90 Å². The molecule has 0 aliphatic heterocycles. The fourth-order valence-electron chi connectivity index (χ4n) is 0.983. The van der Waals surface area contributed by atoms with Crippen molar-refractivity contribution in [3.63, 3.8) is 0 Å². The third-order valence-electron chi connectivity index (χ3n) is 1.73.